The quantitative estimate of drug-likeness (QED) is 0.832. The average Bonchev–Trinajstić information content (AvgIpc) is 2.33. The molecule has 0 amide bonds. The first-order valence-corrected chi connectivity index (χ1v) is 5.92. The van der Waals surface area contributed by atoms with Crippen molar-refractivity contribution in [3.8, 4) is 0 Å². The van der Waals surface area contributed by atoms with Gasteiger partial charge in [0.25, 0.3) is 0 Å². The number of rotatable bonds is 3. The summed E-state index contributed by atoms with van der Waals surface area (Å²) in [6.45, 7) is 0.935. The van der Waals surface area contributed by atoms with Gasteiger partial charge in [-0.15, -0.1) is 0 Å². The summed E-state index contributed by atoms with van der Waals surface area (Å²) in [7, 11) is 0. The highest BCUT2D eigenvalue weighted by molar-refractivity contribution is 5.62. The summed E-state index contributed by atoms with van der Waals surface area (Å²) < 4.78 is 12.4. The molecule has 1 aromatic heterocycles. The maximum absolute atomic E-state index is 12.4. The van der Waals surface area contributed by atoms with Crippen LogP contribution in [0.3, 0.4) is 0 Å². The molecule has 1 saturated heterocycles. The number of hydrogen-bond donors (Lipinski definition) is 2. The normalized spacial score (nSPS) is 24.9. The van der Waals surface area contributed by atoms with Gasteiger partial charge in [-0.1, -0.05) is 0 Å². The summed E-state index contributed by atoms with van der Waals surface area (Å²) in [6, 6.07) is 3.59. The fraction of sp³-hybridized carbons (Fsp3) is 0.583. The van der Waals surface area contributed by atoms with Crippen molar-refractivity contribution in [2.75, 3.05) is 30.4 Å². The Labute approximate surface area is 100 Å². The van der Waals surface area contributed by atoms with E-state index >= 15 is 0 Å². The molecule has 1 aromatic rings. The van der Waals surface area contributed by atoms with Gasteiger partial charge >= 0.3 is 0 Å². The lowest BCUT2D eigenvalue weighted by atomic mass is 9.92. The Balaban J connectivity index is 2.10. The first-order chi connectivity index (χ1) is 8.22. The number of aliphatic hydroxyl groups is 1. The highest BCUT2D eigenvalue weighted by Gasteiger charge is 2.28. The molecule has 0 spiro atoms. The number of anilines is 2. The number of piperidine rings is 1. The summed E-state index contributed by atoms with van der Waals surface area (Å²) in [5.74, 6) is 0.707. The molecule has 94 valence electrons. The molecule has 2 rings (SSSR count). The topological polar surface area (TPSA) is 62.4 Å². The van der Waals surface area contributed by atoms with Crippen LogP contribution in [0, 0.1) is 5.92 Å². The number of hydrogen-bond acceptors (Lipinski definition) is 4. The van der Waals surface area contributed by atoms with Gasteiger partial charge in [-0.2, -0.15) is 0 Å². The Morgan fingerprint density at radius 1 is 1.59 bits per heavy atom. The van der Waals surface area contributed by atoms with Crippen LogP contribution in [0.2, 0.25) is 0 Å². The molecule has 0 aromatic carbocycles. The number of halogens is 1. The molecule has 0 saturated carbocycles. The number of alkyl halides is 1. The predicted molar refractivity (Wildman–Crippen MR) is 65.6 cm³/mol. The lowest BCUT2D eigenvalue weighted by molar-refractivity contribution is 0.0793. The van der Waals surface area contributed by atoms with Crippen LogP contribution in [0.25, 0.3) is 0 Å². The number of aliphatic hydroxyl groups excluding tert-OH is 1. The fourth-order valence-corrected chi connectivity index (χ4v) is 2.31. The summed E-state index contributed by atoms with van der Waals surface area (Å²) in [5, 5.41) is 9.79. The minimum absolute atomic E-state index is 0.0323. The van der Waals surface area contributed by atoms with Crippen LogP contribution >= 0.6 is 0 Å². The predicted octanol–water partition coefficient (Wildman–Crippen LogP) is 1.21. The molecule has 0 aliphatic carbocycles. The van der Waals surface area contributed by atoms with Crippen LogP contribution in [0.5, 0.6) is 0 Å². The Morgan fingerprint density at radius 2 is 2.41 bits per heavy atom. The molecule has 4 nitrogen and oxygen atoms in total. The van der Waals surface area contributed by atoms with Crippen molar-refractivity contribution in [2.24, 2.45) is 5.92 Å². The van der Waals surface area contributed by atoms with Gasteiger partial charge in [0.05, 0.1) is 18.5 Å². The van der Waals surface area contributed by atoms with Gasteiger partial charge in [-0.3, -0.25) is 4.39 Å². The third-order valence-electron chi connectivity index (χ3n) is 3.29. The van der Waals surface area contributed by atoms with Gasteiger partial charge in [-0.25, -0.2) is 4.98 Å². The van der Waals surface area contributed by atoms with Gasteiger partial charge in [0.1, 0.15) is 0 Å². The minimum Gasteiger partial charge on any atom is -0.396 e. The average molecular weight is 239 g/mol. The van der Waals surface area contributed by atoms with Crippen molar-refractivity contribution in [2.45, 2.75) is 18.9 Å². The molecular formula is C12H18FN3O. The molecule has 2 heterocycles. The number of nitrogens with two attached hydrogens (primary N) is 1. The van der Waals surface area contributed by atoms with Crippen LogP contribution in [0.15, 0.2) is 18.3 Å². The number of pyridine rings is 1. The van der Waals surface area contributed by atoms with Crippen molar-refractivity contribution in [1.29, 1.82) is 0 Å². The minimum atomic E-state index is -0.410. The largest absolute Gasteiger partial charge is 0.396 e. The number of nitrogens with zero attached hydrogens (tertiary/aromatic N) is 2. The van der Waals surface area contributed by atoms with E-state index in [1.54, 1.807) is 18.3 Å². The van der Waals surface area contributed by atoms with E-state index < -0.39 is 12.8 Å². The second-order valence-electron chi connectivity index (χ2n) is 4.46. The van der Waals surface area contributed by atoms with Crippen molar-refractivity contribution in [3.63, 3.8) is 0 Å². The molecule has 1 fully saturated rings. The van der Waals surface area contributed by atoms with E-state index in [1.807, 2.05) is 4.90 Å². The van der Waals surface area contributed by atoms with E-state index in [4.69, 9.17) is 5.73 Å². The lowest BCUT2D eigenvalue weighted by Crippen LogP contribution is -2.44. The maximum Gasteiger partial charge on any atom is 0.151 e. The maximum atomic E-state index is 12.4. The second-order valence-corrected chi connectivity index (χ2v) is 4.46. The Morgan fingerprint density at radius 3 is 3.12 bits per heavy atom. The third kappa shape index (κ3) is 2.66. The van der Waals surface area contributed by atoms with Crippen molar-refractivity contribution in [3.05, 3.63) is 18.3 Å². The highest BCUT2D eigenvalue weighted by atomic mass is 19.1. The van der Waals surface area contributed by atoms with E-state index in [0.29, 0.717) is 31.6 Å². The molecule has 0 bridgehead atoms. The fourth-order valence-electron chi connectivity index (χ4n) is 2.31. The molecular weight excluding hydrogens is 221 g/mol. The van der Waals surface area contributed by atoms with Crippen molar-refractivity contribution < 1.29 is 9.50 Å². The summed E-state index contributed by atoms with van der Waals surface area (Å²) in [4.78, 5) is 6.28. The zero-order valence-electron chi connectivity index (χ0n) is 9.72. The van der Waals surface area contributed by atoms with Gasteiger partial charge in [0.2, 0.25) is 0 Å². The molecule has 2 atom stereocenters. The Hall–Kier alpha value is -1.36. The van der Waals surface area contributed by atoms with Crippen LogP contribution in [0.4, 0.5) is 15.9 Å². The van der Waals surface area contributed by atoms with Gasteiger partial charge in [-0.05, 0) is 25.0 Å². The SMILES string of the molecule is Nc1cccnc1N1CC[C@@H](O)[C@H](CCF)C1. The molecule has 1 aliphatic rings. The second kappa shape index (κ2) is 5.31. The van der Waals surface area contributed by atoms with E-state index in [9.17, 15) is 9.50 Å². The number of aromatic nitrogens is 1. The summed E-state index contributed by atoms with van der Waals surface area (Å²) in [6.07, 6.45) is 2.32. The van der Waals surface area contributed by atoms with Crippen LogP contribution in [-0.4, -0.2) is 36.0 Å². The van der Waals surface area contributed by atoms with Crippen LogP contribution < -0.4 is 10.6 Å². The zero-order valence-corrected chi connectivity index (χ0v) is 9.72. The van der Waals surface area contributed by atoms with Crippen LogP contribution in [0.1, 0.15) is 12.8 Å². The van der Waals surface area contributed by atoms with E-state index in [1.165, 1.54) is 0 Å². The molecule has 17 heavy (non-hydrogen) atoms. The van der Waals surface area contributed by atoms with Crippen LogP contribution in [-0.2, 0) is 0 Å². The van der Waals surface area contributed by atoms with E-state index in [0.717, 1.165) is 5.82 Å². The lowest BCUT2D eigenvalue weighted by Gasteiger charge is -2.37. The zero-order chi connectivity index (χ0) is 12.3. The summed E-state index contributed by atoms with van der Waals surface area (Å²) in [5.41, 5.74) is 6.49. The van der Waals surface area contributed by atoms with Gasteiger partial charge in [0.15, 0.2) is 5.82 Å². The molecule has 5 heteroatoms. The third-order valence-corrected chi connectivity index (χ3v) is 3.29. The first kappa shape index (κ1) is 12.1. The molecule has 3 N–H and O–H groups in total. The van der Waals surface area contributed by atoms with Crippen molar-refractivity contribution in [1.82, 2.24) is 4.98 Å². The number of nitrogen functional groups attached to an aromatic ring is 1. The van der Waals surface area contributed by atoms with E-state index in [-0.39, 0.29) is 5.92 Å². The monoisotopic (exact) mass is 239 g/mol. The highest BCUT2D eigenvalue weighted by Crippen LogP contribution is 2.27. The van der Waals surface area contributed by atoms with Gasteiger partial charge in [0, 0.05) is 25.2 Å². The summed E-state index contributed by atoms with van der Waals surface area (Å²) >= 11 is 0. The molecule has 0 unspecified atom stereocenters. The molecule has 0 radical (unpaired) electrons. The first-order valence-electron chi connectivity index (χ1n) is 5.92. The van der Waals surface area contributed by atoms with Crippen molar-refractivity contribution >= 4 is 11.5 Å². The van der Waals surface area contributed by atoms with E-state index in [2.05, 4.69) is 4.98 Å². The Kier molecular flexibility index (Phi) is 3.78. The molecule has 1 aliphatic heterocycles. The smallest absolute Gasteiger partial charge is 0.151 e. The standard InChI is InChI=1S/C12H18FN3O/c13-5-3-9-8-16(7-4-11(9)17)12-10(14)2-1-6-15-12/h1-2,6,9,11,17H,3-5,7-8,14H2/t9-,11-/m1/s1. The van der Waals surface area contributed by atoms with Gasteiger partial charge < -0.3 is 15.7 Å². The Bertz CT molecular complexity index is 375.